The number of rotatable bonds is 5. The molecule has 170 valence electrons. The second-order valence-electron chi connectivity index (χ2n) is 7.60. The van der Waals surface area contributed by atoms with E-state index in [1.165, 1.54) is 18.2 Å². The molecule has 0 aliphatic carbocycles. The zero-order valence-electron chi connectivity index (χ0n) is 18.1. The summed E-state index contributed by atoms with van der Waals surface area (Å²) in [6, 6.07) is 14.0. The van der Waals surface area contributed by atoms with Gasteiger partial charge in [-0.1, -0.05) is 24.3 Å². The van der Waals surface area contributed by atoms with E-state index in [-0.39, 0.29) is 35.7 Å². The van der Waals surface area contributed by atoms with Gasteiger partial charge < -0.3 is 15.5 Å². The van der Waals surface area contributed by atoms with E-state index in [0.717, 1.165) is 23.4 Å². The SMILES string of the molecule is CN=C(NCc1ccccc1-n1ccc(C)n1)NC1CCN(c2c(F)cccc2F)C1.I. The normalized spacial score (nSPS) is 16.1. The van der Waals surface area contributed by atoms with E-state index in [4.69, 9.17) is 0 Å². The maximum absolute atomic E-state index is 14.1. The summed E-state index contributed by atoms with van der Waals surface area (Å²) in [5, 5.41) is 11.2. The molecule has 1 atom stereocenters. The average Bonchev–Trinajstić information content (AvgIpc) is 3.40. The van der Waals surface area contributed by atoms with Crippen LogP contribution in [0, 0.1) is 18.6 Å². The van der Waals surface area contributed by atoms with Gasteiger partial charge in [0.1, 0.15) is 17.3 Å². The lowest BCUT2D eigenvalue weighted by molar-refractivity contribution is 0.576. The first kappa shape index (κ1) is 24.0. The number of benzene rings is 2. The highest BCUT2D eigenvalue weighted by atomic mass is 127. The first-order chi connectivity index (χ1) is 15.0. The zero-order valence-corrected chi connectivity index (χ0v) is 20.4. The Morgan fingerprint density at radius 1 is 1.12 bits per heavy atom. The van der Waals surface area contributed by atoms with Gasteiger partial charge in [0, 0.05) is 38.9 Å². The summed E-state index contributed by atoms with van der Waals surface area (Å²) in [4.78, 5) is 6.05. The van der Waals surface area contributed by atoms with Crippen molar-refractivity contribution in [2.45, 2.75) is 25.9 Å². The molecule has 2 heterocycles. The number of para-hydroxylation sites is 2. The average molecular weight is 552 g/mol. The topological polar surface area (TPSA) is 57.5 Å². The number of hydrogen-bond donors (Lipinski definition) is 2. The van der Waals surface area contributed by atoms with E-state index in [9.17, 15) is 8.78 Å². The zero-order chi connectivity index (χ0) is 21.8. The standard InChI is InChI=1S/C23H26F2N6.HI/c1-16-10-13-31(29-16)21-9-4-3-6-17(21)14-27-23(26-2)28-18-11-12-30(15-18)22-19(24)7-5-8-20(22)25;/h3-10,13,18H,11-12,14-15H2,1-2H3,(H2,26,27,28);1H. The van der Waals surface area contributed by atoms with Crippen molar-refractivity contribution in [2.75, 3.05) is 25.0 Å². The molecule has 3 aromatic rings. The maximum atomic E-state index is 14.1. The van der Waals surface area contributed by atoms with Crippen LogP contribution in [-0.2, 0) is 6.54 Å². The molecule has 6 nitrogen and oxygen atoms in total. The predicted molar refractivity (Wildman–Crippen MR) is 134 cm³/mol. The van der Waals surface area contributed by atoms with Crippen molar-refractivity contribution < 1.29 is 8.78 Å². The highest BCUT2D eigenvalue weighted by molar-refractivity contribution is 14.0. The lowest BCUT2D eigenvalue weighted by Crippen LogP contribution is -2.44. The number of anilines is 1. The number of nitrogens with one attached hydrogen (secondary N) is 2. The largest absolute Gasteiger partial charge is 0.365 e. The first-order valence-electron chi connectivity index (χ1n) is 10.3. The Balaban J connectivity index is 0.00000289. The number of halogens is 3. The summed E-state index contributed by atoms with van der Waals surface area (Å²) in [5.41, 5.74) is 3.08. The second-order valence-corrected chi connectivity index (χ2v) is 7.60. The monoisotopic (exact) mass is 552 g/mol. The molecule has 0 amide bonds. The summed E-state index contributed by atoms with van der Waals surface area (Å²) in [6.07, 6.45) is 2.70. The van der Waals surface area contributed by atoms with E-state index in [1.54, 1.807) is 11.9 Å². The summed E-state index contributed by atoms with van der Waals surface area (Å²) >= 11 is 0. The maximum Gasteiger partial charge on any atom is 0.191 e. The van der Waals surface area contributed by atoms with Gasteiger partial charge in [-0.2, -0.15) is 5.10 Å². The van der Waals surface area contributed by atoms with Crippen LogP contribution in [0.2, 0.25) is 0 Å². The molecule has 1 saturated heterocycles. The molecule has 1 aromatic heterocycles. The summed E-state index contributed by atoms with van der Waals surface area (Å²) in [7, 11) is 1.71. The number of aromatic nitrogens is 2. The fourth-order valence-electron chi connectivity index (χ4n) is 3.87. The molecule has 1 aliphatic heterocycles. The lowest BCUT2D eigenvalue weighted by atomic mass is 10.2. The third-order valence-corrected chi connectivity index (χ3v) is 5.41. The van der Waals surface area contributed by atoms with Crippen LogP contribution in [-0.4, -0.2) is 41.9 Å². The molecular formula is C23H27F2IN6. The fourth-order valence-corrected chi connectivity index (χ4v) is 3.87. The number of hydrogen-bond acceptors (Lipinski definition) is 3. The molecule has 9 heteroatoms. The molecule has 2 N–H and O–H groups in total. The molecular weight excluding hydrogens is 525 g/mol. The van der Waals surface area contributed by atoms with Crippen molar-refractivity contribution in [1.29, 1.82) is 0 Å². The van der Waals surface area contributed by atoms with Crippen LogP contribution >= 0.6 is 24.0 Å². The lowest BCUT2D eigenvalue weighted by Gasteiger charge is -2.21. The minimum absolute atomic E-state index is 0. The molecule has 0 radical (unpaired) electrons. The molecule has 0 spiro atoms. The van der Waals surface area contributed by atoms with Crippen LogP contribution in [0.15, 0.2) is 59.7 Å². The summed E-state index contributed by atoms with van der Waals surface area (Å²) in [5.74, 6) is -0.422. The van der Waals surface area contributed by atoms with Gasteiger partial charge in [-0.15, -0.1) is 24.0 Å². The van der Waals surface area contributed by atoms with Crippen LogP contribution in [0.3, 0.4) is 0 Å². The molecule has 0 bridgehead atoms. The molecule has 0 saturated carbocycles. The number of aliphatic imine (C=N–C) groups is 1. The van der Waals surface area contributed by atoms with Gasteiger partial charge in [0.2, 0.25) is 0 Å². The van der Waals surface area contributed by atoms with Gasteiger partial charge in [-0.3, -0.25) is 4.99 Å². The van der Waals surface area contributed by atoms with Crippen LogP contribution in [0.4, 0.5) is 14.5 Å². The third kappa shape index (κ3) is 5.37. The van der Waals surface area contributed by atoms with E-state index in [1.807, 2.05) is 48.1 Å². The van der Waals surface area contributed by atoms with E-state index in [2.05, 4.69) is 20.7 Å². The Labute approximate surface area is 203 Å². The number of nitrogens with zero attached hydrogens (tertiary/aromatic N) is 4. The van der Waals surface area contributed by atoms with Gasteiger partial charge in [0.05, 0.1) is 11.4 Å². The van der Waals surface area contributed by atoms with E-state index < -0.39 is 11.6 Å². The van der Waals surface area contributed by atoms with Crippen molar-refractivity contribution in [3.63, 3.8) is 0 Å². The van der Waals surface area contributed by atoms with Gasteiger partial charge in [-0.25, -0.2) is 13.5 Å². The van der Waals surface area contributed by atoms with Crippen LogP contribution < -0.4 is 15.5 Å². The van der Waals surface area contributed by atoms with Gasteiger partial charge in [-0.05, 0) is 43.2 Å². The van der Waals surface area contributed by atoms with E-state index >= 15 is 0 Å². The van der Waals surface area contributed by atoms with Gasteiger partial charge in [0.25, 0.3) is 0 Å². The Bertz CT molecular complexity index is 1060. The number of aryl methyl sites for hydroxylation is 1. The molecule has 4 rings (SSSR count). The van der Waals surface area contributed by atoms with Gasteiger partial charge in [0.15, 0.2) is 5.96 Å². The molecule has 1 fully saturated rings. The molecule has 1 unspecified atom stereocenters. The van der Waals surface area contributed by atoms with Crippen molar-refractivity contribution in [3.05, 3.63) is 77.6 Å². The summed E-state index contributed by atoms with van der Waals surface area (Å²) < 4.78 is 30.1. The van der Waals surface area contributed by atoms with Crippen molar-refractivity contribution >= 4 is 35.6 Å². The summed E-state index contributed by atoms with van der Waals surface area (Å²) in [6.45, 7) is 3.60. The minimum Gasteiger partial charge on any atom is -0.365 e. The van der Waals surface area contributed by atoms with Crippen molar-refractivity contribution in [3.8, 4) is 5.69 Å². The Morgan fingerprint density at radius 2 is 1.88 bits per heavy atom. The van der Waals surface area contributed by atoms with Crippen molar-refractivity contribution in [1.82, 2.24) is 20.4 Å². The Morgan fingerprint density at radius 3 is 2.56 bits per heavy atom. The fraction of sp³-hybridized carbons (Fsp3) is 0.304. The highest BCUT2D eigenvalue weighted by Gasteiger charge is 2.27. The third-order valence-electron chi connectivity index (χ3n) is 5.41. The smallest absolute Gasteiger partial charge is 0.191 e. The Kier molecular flexibility index (Phi) is 8.05. The molecule has 1 aliphatic rings. The van der Waals surface area contributed by atoms with Gasteiger partial charge >= 0.3 is 0 Å². The van der Waals surface area contributed by atoms with E-state index in [0.29, 0.717) is 25.6 Å². The molecule has 32 heavy (non-hydrogen) atoms. The Hall–Kier alpha value is -2.69. The molecule has 2 aromatic carbocycles. The van der Waals surface area contributed by atoms with Crippen LogP contribution in [0.1, 0.15) is 17.7 Å². The quantitative estimate of drug-likeness (QED) is 0.286. The van der Waals surface area contributed by atoms with Crippen molar-refractivity contribution in [2.24, 2.45) is 4.99 Å². The van der Waals surface area contributed by atoms with Crippen LogP contribution in [0.5, 0.6) is 0 Å². The first-order valence-corrected chi connectivity index (χ1v) is 10.3. The van der Waals surface area contributed by atoms with Crippen LogP contribution in [0.25, 0.3) is 5.69 Å². The number of guanidine groups is 1. The second kappa shape index (κ2) is 10.8. The highest BCUT2D eigenvalue weighted by Crippen LogP contribution is 2.26. The minimum atomic E-state index is -0.534. The predicted octanol–water partition coefficient (Wildman–Crippen LogP) is 4.02.